The van der Waals surface area contributed by atoms with E-state index in [1.807, 2.05) is 18.3 Å². The van der Waals surface area contributed by atoms with E-state index in [0.29, 0.717) is 0 Å². The van der Waals surface area contributed by atoms with Crippen LogP contribution in [0.2, 0.25) is 0 Å². The molecule has 0 amide bonds. The van der Waals surface area contributed by atoms with Crippen molar-refractivity contribution in [2.45, 2.75) is 26.3 Å². The standard InChI is InChI=1S/C15H21N3O/c1-2-11-19-14-5-3-13(4-6-14)12-16-8-7-15-17-9-10-18-15/h3-6,9-10,16H,2,7-8,11-12H2,1H3,(H,17,18). The molecular weight excluding hydrogens is 238 g/mol. The lowest BCUT2D eigenvalue weighted by molar-refractivity contribution is 0.317. The zero-order valence-electron chi connectivity index (χ0n) is 11.4. The van der Waals surface area contributed by atoms with Crippen molar-refractivity contribution in [1.82, 2.24) is 15.3 Å². The van der Waals surface area contributed by atoms with Crippen LogP contribution in [0, 0.1) is 0 Å². The fraction of sp³-hybridized carbons (Fsp3) is 0.400. The number of hydrogen-bond donors (Lipinski definition) is 2. The predicted molar refractivity (Wildman–Crippen MR) is 76.2 cm³/mol. The monoisotopic (exact) mass is 259 g/mol. The number of rotatable bonds is 8. The van der Waals surface area contributed by atoms with Crippen LogP contribution in [0.25, 0.3) is 0 Å². The Morgan fingerprint density at radius 3 is 2.79 bits per heavy atom. The molecule has 4 nitrogen and oxygen atoms in total. The van der Waals surface area contributed by atoms with Gasteiger partial charge in [0.2, 0.25) is 0 Å². The summed E-state index contributed by atoms with van der Waals surface area (Å²) in [5, 5.41) is 3.40. The number of aromatic amines is 1. The maximum atomic E-state index is 5.55. The van der Waals surface area contributed by atoms with Crippen LogP contribution in [0.15, 0.2) is 36.7 Å². The molecule has 2 N–H and O–H groups in total. The highest BCUT2D eigenvalue weighted by atomic mass is 16.5. The summed E-state index contributed by atoms with van der Waals surface area (Å²) in [6.07, 6.45) is 5.59. The van der Waals surface area contributed by atoms with Crippen LogP contribution in [0.5, 0.6) is 5.75 Å². The largest absolute Gasteiger partial charge is 0.494 e. The van der Waals surface area contributed by atoms with Crippen LogP contribution in [-0.2, 0) is 13.0 Å². The maximum absolute atomic E-state index is 5.55. The lowest BCUT2D eigenvalue weighted by Crippen LogP contribution is -2.17. The number of benzene rings is 1. The van der Waals surface area contributed by atoms with E-state index in [9.17, 15) is 0 Å². The van der Waals surface area contributed by atoms with Crippen molar-refractivity contribution in [1.29, 1.82) is 0 Å². The van der Waals surface area contributed by atoms with Crippen LogP contribution in [-0.4, -0.2) is 23.1 Å². The van der Waals surface area contributed by atoms with Gasteiger partial charge in [0.15, 0.2) is 0 Å². The average molecular weight is 259 g/mol. The highest BCUT2D eigenvalue weighted by molar-refractivity contribution is 5.27. The summed E-state index contributed by atoms with van der Waals surface area (Å²) in [4.78, 5) is 7.28. The minimum absolute atomic E-state index is 0.779. The van der Waals surface area contributed by atoms with E-state index in [4.69, 9.17) is 4.74 Å². The van der Waals surface area contributed by atoms with Crippen molar-refractivity contribution in [2.24, 2.45) is 0 Å². The van der Waals surface area contributed by atoms with E-state index < -0.39 is 0 Å². The van der Waals surface area contributed by atoms with Gasteiger partial charge in [0.25, 0.3) is 0 Å². The number of imidazole rings is 1. The van der Waals surface area contributed by atoms with Gasteiger partial charge in [0.05, 0.1) is 6.61 Å². The third kappa shape index (κ3) is 4.75. The second-order valence-corrected chi connectivity index (χ2v) is 4.46. The molecule has 0 saturated carbocycles. The first-order valence-electron chi connectivity index (χ1n) is 6.79. The van der Waals surface area contributed by atoms with E-state index in [-0.39, 0.29) is 0 Å². The van der Waals surface area contributed by atoms with Crippen molar-refractivity contribution in [3.05, 3.63) is 48.0 Å². The molecule has 19 heavy (non-hydrogen) atoms. The van der Waals surface area contributed by atoms with Crippen molar-refractivity contribution < 1.29 is 4.74 Å². The Bertz CT molecular complexity index is 451. The second kappa shape index (κ2) is 7.59. The topological polar surface area (TPSA) is 49.9 Å². The summed E-state index contributed by atoms with van der Waals surface area (Å²) in [7, 11) is 0. The van der Waals surface area contributed by atoms with Crippen molar-refractivity contribution >= 4 is 0 Å². The van der Waals surface area contributed by atoms with Crippen LogP contribution >= 0.6 is 0 Å². The first-order chi connectivity index (χ1) is 9.38. The molecule has 1 heterocycles. The van der Waals surface area contributed by atoms with Crippen LogP contribution in [0.3, 0.4) is 0 Å². The molecule has 0 radical (unpaired) electrons. The SMILES string of the molecule is CCCOc1ccc(CNCCc2ncc[nH]2)cc1. The normalized spacial score (nSPS) is 10.6. The molecular formula is C15H21N3O. The highest BCUT2D eigenvalue weighted by Crippen LogP contribution is 2.12. The summed E-state index contributed by atoms with van der Waals surface area (Å²) >= 11 is 0. The molecule has 0 bridgehead atoms. The zero-order chi connectivity index (χ0) is 13.3. The Kier molecular flexibility index (Phi) is 5.44. The molecule has 0 aliphatic carbocycles. The van der Waals surface area contributed by atoms with Gasteiger partial charge < -0.3 is 15.0 Å². The number of hydrogen-bond acceptors (Lipinski definition) is 3. The molecule has 0 spiro atoms. The summed E-state index contributed by atoms with van der Waals surface area (Å²) in [6, 6.07) is 8.26. The molecule has 0 fully saturated rings. The van der Waals surface area contributed by atoms with E-state index in [2.05, 4.69) is 34.3 Å². The minimum atomic E-state index is 0.779. The Labute approximate surface area is 114 Å². The lowest BCUT2D eigenvalue weighted by Gasteiger charge is -2.07. The zero-order valence-corrected chi connectivity index (χ0v) is 11.4. The molecule has 1 aromatic carbocycles. The number of aromatic nitrogens is 2. The van der Waals surface area contributed by atoms with Gasteiger partial charge in [-0.2, -0.15) is 0 Å². The third-order valence-corrected chi connectivity index (χ3v) is 2.82. The highest BCUT2D eigenvalue weighted by Gasteiger charge is 1.97. The number of nitrogens with zero attached hydrogens (tertiary/aromatic N) is 1. The van der Waals surface area contributed by atoms with Gasteiger partial charge in [-0.25, -0.2) is 4.98 Å². The van der Waals surface area contributed by atoms with Crippen LogP contribution in [0.1, 0.15) is 24.7 Å². The van der Waals surface area contributed by atoms with E-state index >= 15 is 0 Å². The molecule has 0 saturated heterocycles. The Balaban J connectivity index is 1.68. The van der Waals surface area contributed by atoms with Gasteiger partial charge >= 0.3 is 0 Å². The molecule has 0 unspecified atom stereocenters. The summed E-state index contributed by atoms with van der Waals surface area (Å²) in [6.45, 7) is 4.68. The Morgan fingerprint density at radius 2 is 2.11 bits per heavy atom. The minimum Gasteiger partial charge on any atom is -0.494 e. The first-order valence-corrected chi connectivity index (χ1v) is 6.79. The molecule has 0 aliphatic rings. The number of ether oxygens (including phenoxy) is 1. The van der Waals surface area contributed by atoms with E-state index in [1.54, 1.807) is 6.20 Å². The Morgan fingerprint density at radius 1 is 1.26 bits per heavy atom. The quantitative estimate of drug-likeness (QED) is 0.716. The molecule has 2 rings (SSSR count). The van der Waals surface area contributed by atoms with Gasteiger partial charge in [-0.05, 0) is 24.1 Å². The van der Waals surface area contributed by atoms with E-state index in [1.165, 1.54) is 5.56 Å². The molecule has 102 valence electrons. The first kappa shape index (κ1) is 13.6. The van der Waals surface area contributed by atoms with Gasteiger partial charge in [-0.15, -0.1) is 0 Å². The number of H-pyrrole nitrogens is 1. The molecule has 0 atom stereocenters. The molecule has 1 aromatic heterocycles. The smallest absolute Gasteiger partial charge is 0.119 e. The fourth-order valence-electron chi connectivity index (χ4n) is 1.80. The molecule has 0 aliphatic heterocycles. The van der Waals surface area contributed by atoms with Gasteiger partial charge in [-0.1, -0.05) is 19.1 Å². The van der Waals surface area contributed by atoms with Gasteiger partial charge in [0.1, 0.15) is 11.6 Å². The Hall–Kier alpha value is -1.81. The lowest BCUT2D eigenvalue weighted by atomic mass is 10.2. The predicted octanol–water partition coefficient (Wildman–Crippen LogP) is 2.53. The third-order valence-electron chi connectivity index (χ3n) is 2.82. The van der Waals surface area contributed by atoms with Crippen molar-refractivity contribution in [2.75, 3.05) is 13.2 Å². The fourth-order valence-corrected chi connectivity index (χ4v) is 1.80. The van der Waals surface area contributed by atoms with Crippen molar-refractivity contribution in [3.8, 4) is 5.75 Å². The summed E-state index contributed by atoms with van der Waals surface area (Å²) in [5.41, 5.74) is 1.27. The average Bonchev–Trinajstić information content (AvgIpc) is 2.96. The summed E-state index contributed by atoms with van der Waals surface area (Å²) in [5.74, 6) is 1.97. The van der Waals surface area contributed by atoms with Crippen LogP contribution in [0.4, 0.5) is 0 Å². The van der Waals surface area contributed by atoms with Gasteiger partial charge in [0, 0.05) is 31.9 Å². The van der Waals surface area contributed by atoms with Gasteiger partial charge in [-0.3, -0.25) is 0 Å². The van der Waals surface area contributed by atoms with Crippen LogP contribution < -0.4 is 10.1 Å². The molecule has 2 aromatic rings. The van der Waals surface area contributed by atoms with Crippen molar-refractivity contribution in [3.63, 3.8) is 0 Å². The van der Waals surface area contributed by atoms with E-state index in [0.717, 1.165) is 44.1 Å². The molecule has 4 heteroatoms. The summed E-state index contributed by atoms with van der Waals surface area (Å²) < 4.78 is 5.55. The maximum Gasteiger partial charge on any atom is 0.119 e. The second-order valence-electron chi connectivity index (χ2n) is 4.46. The number of nitrogens with one attached hydrogen (secondary N) is 2.